The molecule has 0 saturated carbocycles. The van der Waals surface area contributed by atoms with E-state index in [1.54, 1.807) is 32.4 Å². The van der Waals surface area contributed by atoms with Gasteiger partial charge in [0, 0.05) is 11.6 Å². The second-order valence-electron chi connectivity index (χ2n) is 3.99. The van der Waals surface area contributed by atoms with E-state index >= 15 is 0 Å². The third-order valence-corrected chi connectivity index (χ3v) is 2.61. The largest absolute Gasteiger partial charge is 0.497 e. The van der Waals surface area contributed by atoms with E-state index in [4.69, 9.17) is 9.47 Å². The number of hydrogen-bond donors (Lipinski definition) is 1. The summed E-state index contributed by atoms with van der Waals surface area (Å²) < 4.78 is 11.7. The van der Waals surface area contributed by atoms with Crippen LogP contribution < -0.4 is 14.9 Å². The zero-order chi connectivity index (χ0) is 15.1. The summed E-state index contributed by atoms with van der Waals surface area (Å²) in [5.41, 5.74) is 3.13. The summed E-state index contributed by atoms with van der Waals surface area (Å²) in [4.78, 5) is 15.3. The maximum absolute atomic E-state index is 11.6. The second kappa shape index (κ2) is 7.04. The van der Waals surface area contributed by atoms with Crippen LogP contribution in [0.25, 0.3) is 0 Å². The molecule has 8 heteroatoms. The quantitative estimate of drug-likeness (QED) is 0.615. The lowest BCUT2D eigenvalue weighted by Crippen LogP contribution is -2.23. The summed E-state index contributed by atoms with van der Waals surface area (Å²) in [6.45, 7) is 0.0527. The normalized spacial score (nSPS) is 10.6. The molecule has 0 unspecified atom stereocenters. The molecule has 2 aromatic rings. The van der Waals surface area contributed by atoms with E-state index in [1.807, 2.05) is 0 Å². The number of nitrogens with one attached hydrogen (secondary N) is 1. The summed E-state index contributed by atoms with van der Waals surface area (Å²) in [5.74, 6) is 0.979. The zero-order valence-electron chi connectivity index (χ0n) is 11.7. The monoisotopic (exact) mass is 289 g/mol. The fourth-order valence-corrected chi connectivity index (χ4v) is 1.60. The van der Waals surface area contributed by atoms with Gasteiger partial charge in [0.15, 0.2) is 0 Å². The SMILES string of the molecule is COc1ccc(/C=N/NC(=O)Cn2cncn2)c(OC)c1. The van der Waals surface area contributed by atoms with Gasteiger partial charge in [0.2, 0.25) is 0 Å². The highest BCUT2D eigenvalue weighted by Gasteiger charge is 2.04. The van der Waals surface area contributed by atoms with Crippen LogP contribution in [-0.4, -0.2) is 41.1 Å². The number of ether oxygens (including phenoxy) is 2. The van der Waals surface area contributed by atoms with Crippen LogP contribution in [-0.2, 0) is 11.3 Å². The molecule has 1 N–H and O–H groups in total. The number of carbonyl (C=O) groups excluding carboxylic acids is 1. The first-order valence-corrected chi connectivity index (χ1v) is 6.09. The van der Waals surface area contributed by atoms with Crippen LogP contribution in [0.5, 0.6) is 11.5 Å². The molecule has 2 rings (SSSR count). The van der Waals surface area contributed by atoms with Crippen molar-refractivity contribution in [3.05, 3.63) is 36.4 Å². The van der Waals surface area contributed by atoms with Gasteiger partial charge < -0.3 is 9.47 Å². The van der Waals surface area contributed by atoms with Gasteiger partial charge in [-0.25, -0.2) is 15.1 Å². The number of carbonyl (C=O) groups is 1. The third-order valence-electron chi connectivity index (χ3n) is 2.61. The number of benzene rings is 1. The van der Waals surface area contributed by atoms with Gasteiger partial charge in [0.1, 0.15) is 30.7 Å². The lowest BCUT2D eigenvalue weighted by Gasteiger charge is -2.06. The zero-order valence-corrected chi connectivity index (χ0v) is 11.7. The van der Waals surface area contributed by atoms with Gasteiger partial charge >= 0.3 is 0 Å². The molecule has 21 heavy (non-hydrogen) atoms. The molecule has 110 valence electrons. The van der Waals surface area contributed by atoms with E-state index in [2.05, 4.69) is 20.6 Å². The smallest absolute Gasteiger partial charge is 0.261 e. The lowest BCUT2D eigenvalue weighted by molar-refractivity contribution is -0.121. The first-order valence-electron chi connectivity index (χ1n) is 6.09. The van der Waals surface area contributed by atoms with Crippen molar-refractivity contribution in [3.8, 4) is 11.5 Å². The third kappa shape index (κ3) is 4.03. The van der Waals surface area contributed by atoms with Crippen LogP contribution in [0.4, 0.5) is 0 Å². The highest BCUT2D eigenvalue weighted by molar-refractivity contribution is 5.85. The molecule has 0 aliphatic heterocycles. The summed E-state index contributed by atoms with van der Waals surface area (Å²) in [6.07, 6.45) is 4.31. The Morgan fingerprint density at radius 1 is 1.43 bits per heavy atom. The average molecular weight is 289 g/mol. The van der Waals surface area contributed by atoms with Crippen molar-refractivity contribution in [3.63, 3.8) is 0 Å². The van der Waals surface area contributed by atoms with Gasteiger partial charge in [0.25, 0.3) is 5.91 Å². The Balaban J connectivity index is 1.96. The van der Waals surface area contributed by atoms with Crippen molar-refractivity contribution in [2.45, 2.75) is 6.54 Å². The summed E-state index contributed by atoms with van der Waals surface area (Å²) in [5, 5.41) is 7.71. The van der Waals surface area contributed by atoms with Crippen LogP contribution in [0.2, 0.25) is 0 Å². The van der Waals surface area contributed by atoms with Gasteiger partial charge in [-0.05, 0) is 12.1 Å². The molecule has 0 spiro atoms. The Hall–Kier alpha value is -2.90. The Bertz CT molecular complexity index is 625. The van der Waals surface area contributed by atoms with Crippen molar-refractivity contribution in [1.82, 2.24) is 20.2 Å². The summed E-state index contributed by atoms with van der Waals surface area (Å²) in [7, 11) is 3.13. The molecule has 8 nitrogen and oxygen atoms in total. The van der Waals surface area contributed by atoms with Crippen LogP contribution >= 0.6 is 0 Å². The number of hydrogen-bond acceptors (Lipinski definition) is 6. The Kier molecular flexibility index (Phi) is 4.86. The maximum atomic E-state index is 11.6. The Morgan fingerprint density at radius 3 is 2.95 bits per heavy atom. The van der Waals surface area contributed by atoms with Gasteiger partial charge in [-0.1, -0.05) is 0 Å². The van der Waals surface area contributed by atoms with Crippen molar-refractivity contribution in [2.24, 2.45) is 5.10 Å². The highest BCUT2D eigenvalue weighted by Crippen LogP contribution is 2.22. The van der Waals surface area contributed by atoms with E-state index in [0.717, 1.165) is 5.56 Å². The number of rotatable bonds is 6. The summed E-state index contributed by atoms with van der Waals surface area (Å²) >= 11 is 0. The van der Waals surface area contributed by atoms with Gasteiger partial charge in [-0.3, -0.25) is 4.79 Å². The molecule has 0 fully saturated rings. The first-order chi connectivity index (χ1) is 10.2. The molecule has 0 saturated heterocycles. The van der Waals surface area contributed by atoms with Crippen LogP contribution in [0, 0.1) is 0 Å². The predicted molar refractivity (Wildman–Crippen MR) is 75.3 cm³/mol. The second-order valence-corrected chi connectivity index (χ2v) is 3.99. The number of amides is 1. The van der Waals surface area contributed by atoms with Crippen molar-refractivity contribution in [1.29, 1.82) is 0 Å². The van der Waals surface area contributed by atoms with E-state index < -0.39 is 0 Å². The van der Waals surface area contributed by atoms with Crippen molar-refractivity contribution < 1.29 is 14.3 Å². The topological polar surface area (TPSA) is 90.6 Å². The molecule has 0 atom stereocenters. The lowest BCUT2D eigenvalue weighted by atomic mass is 10.2. The molecule has 0 radical (unpaired) electrons. The van der Waals surface area contributed by atoms with Crippen LogP contribution in [0.3, 0.4) is 0 Å². The van der Waals surface area contributed by atoms with E-state index in [1.165, 1.54) is 23.6 Å². The molecular weight excluding hydrogens is 274 g/mol. The molecule has 0 aliphatic carbocycles. The van der Waals surface area contributed by atoms with Crippen LogP contribution in [0.1, 0.15) is 5.56 Å². The molecule has 0 aliphatic rings. The number of nitrogens with zero attached hydrogens (tertiary/aromatic N) is 4. The molecule has 1 heterocycles. The van der Waals surface area contributed by atoms with E-state index in [9.17, 15) is 4.79 Å². The Morgan fingerprint density at radius 2 is 2.29 bits per heavy atom. The molecule has 1 aromatic heterocycles. The minimum absolute atomic E-state index is 0.0527. The van der Waals surface area contributed by atoms with Crippen molar-refractivity contribution in [2.75, 3.05) is 14.2 Å². The predicted octanol–water partition coefficient (Wildman–Crippen LogP) is 0.446. The van der Waals surface area contributed by atoms with E-state index in [-0.39, 0.29) is 12.5 Å². The Labute approximate surface area is 121 Å². The number of methoxy groups -OCH3 is 2. The minimum Gasteiger partial charge on any atom is -0.497 e. The van der Waals surface area contributed by atoms with Gasteiger partial charge in [-0.15, -0.1) is 0 Å². The first kappa shape index (κ1) is 14.5. The van der Waals surface area contributed by atoms with Crippen LogP contribution in [0.15, 0.2) is 36.0 Å². The van der Waals surface area contributed by atoms with E-state index in [0.29, 0.717) is 11.5 Å². The minimum atomic E-state index is -0.302. The van der Waals surface area contributed by atoms with Gasteiger partial charge in [0.05, 0.1) is 20.4 Å². The highest BCUT2D eigenvalue weighted by atomic mass is 16.5. The fourth-order valence-electron chi connectivity index (χ4n) is 1.60. The molecular formula is C13H15N5O3. The standard InChI is InChI=1S/C13H15N5O3/c1-20-11-4-3-10(12(5-11)21-2)6-15-17-13(19)7-18-9-14-8-16-18/h3-6,8-9H,7H2,1-2H3,(H,17,19)/b15-6+. The van der Waals surface area contributed by atoms with Gasteiger partial charge in [-0.2, -0.15) is 10.2 Å². The molecule has 1 amide bonds. The fraction of sp³-hybridized carbons (Fsp3) is 0.231. The average Bonchev–Trinajstić information content (AvgIpc) is 3.00. The number of hydrazone groups is 1. The van der Waals surface area contributed by atoms with Crippen molar-refractivity contribution >= 4 is 12.1 Å². The molecule has 0 bridgehead atoms. The number of aromatic nitrogens is 3. The summed E-state index contributed by atoms with van der Waals surface area (Å²) in [6, 6.07) is 5.30. The maximum Gasteiger partial charge on any atom is 0.261 e. The molecule has 1 aromatic carbocycles.